The first-order chi connectivity index (χ1) is 10.2. The molecule has 0 saturated carbocycles. The quantitative estimate of drug-likeness (QED) is 0.637. The second kappa shape index (κ2) is 10.6. The molecule has 1 aromatic rings. The summed E-state index contributed by atoms with van der Waals surface area (Å²) in [6.07, 6.45) is 1.02. The lowest BCUT2D eigenvalue weighted by Gasteiger charge is -2.23. The first kappa shape index (κ1) is 18.0. The monoisotopic (exact) mass is 294 g/mol. The molecule has 0 amide bonds. The summed E-state index contributed by atoms with van der Waals surface area (Å²) in [7, 11) is 1.75. The van der Waals surface area contributed by atoms with E-state index in [9.17, 15) is 0 Å². The fourth-order valence-electron chi connectivity index (χ4n) is 2.23. The Balaban J connectivity index is 2.25. The van der Waals surface area contributed by atoms with Crippen LogP contribution in [-0.4, -0.2) is 44.9 Å². The maximum atomic E-state index is 5.77. The number of ether oxygens (including phenoxy) is 2. The molecule has 1 aromatic carbocycles. The van der Waals surface area contributed by atoms with E-state index in [1.807, 2.05) is 24.3 Å². The Morgan fingerprint density at radius 2 is 1.81 bits per heavy atom. The topological polar surface area (TPSA) is 47.7 Å². The molecule has 4 nitrogen and oxygen atoms in total. The van der Waals surface area contributed by atoms with Crippen molar-refractivity contribution < 1.29 is 9.47 Å². The maximum Gasteiger partial charge on any atom is 0.119 e. The fraction of sp³-hybridized carbons (Fsp3) is 0.647. The van der Waals surface area contributed by atoms with Crippen LogP contribution in [0.1, 0.15) is 25.8 Å². The van der Waals surface area contributed by atoms with Gasteiger partial charge < -0.3 is 20.1 Å². The number of rotatable bonds is 11. The van der Waals surface area contributed by atoms with Gasteiger partial charge in [-0.25, -0.2) is 0 Å². The molecule has 0 radical (unpaired) electrons. The van der Waals surface area contributed by atoms with Crippen LogP contribution in [0.5, 0.6) is 5.75 Å². The zero-order valence-electron chi connectivity index (χ0n) is 13.7. The van der Waals surface area contributed by atoms with Crippen molar-refractivity contribution in [3.05, 3.63) is 29.8 Å². The molecule has 0 aliphatic heterocycles. The molecule has 120 valence electrons. The van der Waals surface area contributed by atoms with Crippen LogP contribution < -0.4 is 10.5 Å². The molecule has 0 heterocycles. The Morgan fingerprint density at radius 1 is 1.10 bits per heavy atom. The molecular formula is C17H30N2O2. The van der Waals surface area contributed by atoms with Gasteiger partial charge in [0.2, 0.25) is 0 Å². The predicted molar refractivity (Wildman–Crippen MR) is 87.6 cm³/mol. The molecule has 0 spiro atoms. The van der Waals surface area contributed by atoms with E-state index in [-0.39, 0.29) is 0 Å². The molecule has 0 saturated heterocycles. The van der Waals surface area contributed by atoms with Gasteiger partial charge in [-0.2, -0.15) is 0 Å². The summed E-state index contributed by atoms with van der Waals surface area (Å²) in [5, 5.41) is 0. The molecule has 0 aliphatic rings. The average molecular weight is 294 g/mol. The second-order valence-electron chi connectivity index (χ2n) is 5.74. The third kappa shape index (κ3) is 8.05. The lowest BCUT2D eigenvalue weighted by Crippen LogP contribution is -2.32. The molecule has 0 unspecified atom stereocenters. The summed E-state index contributed by atoms with van der Waals surface area (Å²) in [6.45, 7) is 9.73. The minimum absolute atomic E-state index is 0.573. The predicted octanol–water partition coefficient (Wildman–Crippen LogP) is 2.52. The molecule has 0 fully saturated rings. The van der Waals surface area contributed by atoms with Crippen molar-refractivity contribution in [2.45, 2.75) is 26.8 Å². The van der Waals surface area contributed by atoms with Crippen LogP contribution in [0.25, 0.3) is 0 Å². The largest absolute Gasteiger partial charge is 0.494 e. The maximum absolute atomic E-state index is 5.77. The lowest BCUT2D eigenvalue weighted by molar-refractivity contribution is 0.135. The summed E-state index contributed by atoms with van der Waals surface area (Å²) < 4.78 is 10.9. The van der Waals surface area contributed by atoms with Crippen molar-refractivity contribution in [3.8, 4) is 5.75 Å². The van der Waals surface area contributed by atoms with Crippen LogP contribution >= 0.6 is 0 Å². The van der Waals surface area contributed by atoms with E-state index in [0.29, 0.717) is 12.5 Å². The van der Waals surface area contributed by atoms with Crippen molar-refractivity contribution in [1.29, 1.82) is 0 Å². The summed E-state index contributed by atoms with van der Waals surface area (Å²) in [5.74, 6) is 1.59. The lowest BCUT2D eigenvalue weighted by atomic mass is 10.2. The van der Waals surface area contributed by atoms with Crippen molar-refractivity contribution >= 4 is 0 Å². The van der Waals surface area contributed by atoms with Crippen LogP contribution in [0, 0.1) is 5.92 Å². The number of methoxy groups -OCH3 is 1. The minimum atomic E-state index is 0.573. The molecule has 21 heavy (non-hydrogen) atoms. The molecule has 0 aliphatic carbocycles. The van der Waals surface area contributed by atoms with Crippen molar-refractivity contribution in [3.63, 3.8) is 0 Å². The number of nitrogens with zero attached hydrogens (tertiary/aromatic N) is 1. The average Bonchev–Trinajstić information content (AvgIpc) is 2.49. The Bertz CT molecular complexity index is 366. The van der Waals surface area contributed by atoms with E-state index in [4.69, 9.17) is 15.2 Å². The van der Waals surface area contributed by atoms with Crippen LogP contribution in [0.3, 0.4) is 0 Å². The number of hydrogen-bond acceptors (Lipinski definition) is 4. The van der Waals surface area contributed by atoms with Gasteiger partial charge in [0.1, 0.15) is 5.75 Å². The standard InChI is InChI=1S/C17H30N2O2/c1-15(2)14-19(10-12-20-3)9-4-11-21-17-7-5-16(13-18)6-8-17/h5-8,15H,4,9-14,18H2,1-3H3. The van der Waals surface area contributed by atoms with Crippen molar-refractivity contribution in [2.75, 3.05) is 40.0 Å². The highest BCUT2D eigenvalue weighted by Gasteiger charge is 2.07. The molecule has 0 bridgehead atoms. The summed E-state index contributed by atoms with van der Waals surface area (Å²) >= 11 is 0. The zero-order chi connectivity index (χ0) is 15.5. The third-order valence-corrected chi connectivity index (χ3v) is 3.28. The normalized spacial score (nSPS) is 11.3. The number of nitrogens with two attached hydrogens (primary N) is 1. The summed E-state index contributed by atoms with van der Waals surface area (Å²) in [4.78, 5) is 2.44. The van der Waals surface area contributed by atoms with Crippen LogP contribution in [0.2, 0.25) is 0 Å². The fourth-order valence-corrected chi connectivity index (χ4v) is 2.23. The molecule has 0 aromatic heterocycles. The first-order valence-corrected chi connectivity index (χ1v) is 7.78. The van der Waals surface area contributed by atoms with Crippen LogP contribution in [0.15, 0.2) is 24.3 Å². The van der Waals surface area contributed by atoms with Crippen molar-refractivity contribution in [1.82, 2.24) is 4.90 Å². The molecule has 1 rings (SSSR count). The number of benzene rings is 1. The first-order valence-electron chi connectivity index (χ1n) is 7.78. The van der Waals surface area contributed by atoms with Gasteiger partial charge in [-0.05, 0) is 30.0 Å². The highest BCUT2D eigenvalue weighted by atomic mass is 16.5. The van der Waals surface area contributed by atoms with Crippen molar-refractivity contribution in [2.24, 2.45) is 11.7 Å². The van der Waals surface area contributed by atoms with Crippen LogP contribution in [-0.2, 0) is 11.3 Å². The molecule has 4 heteroatoms. The summed E-state index contributed by atoms with van der Waals surface area (Å²) in [6, 6.07) is 8.00. The number of hydrogen-bond donors (Lipinski definition) is 1. The Hall–Kier alpha value is -1.10. The van der Waals surface area contributed by atoms with Gasteiger partial charge in [0.05, 0.1) is 13.2 Å². The SMILES string of the molecule is COCCN(CCCOc1ccc(CN)cc1)CC(C)C. The van der Waals surface area contributed by atoms with Crippen LogP contribution in [0.4, 0.5) is 0 Å². The highest BCUT2D eigenvalue weighted by molar-refractivity contribution is 5.26. The summed E-state index contributed by atoms with van der Waals surface area (Å²) in [5.41, 5.74) is 6.71. The molecule has 0 atom stereocenters. The van der Waals surface area contributed by atoms with E-state index in [1.165, 1.54) is 0 Å². The highest BCUT2D eigenvalue weighted by Crippen LogP contribution is 2.12. The molecular weight excluding hydrogens is 264 g/mol. The van der Waals surface area contributed by atoms with E-state index >= 15 is 0 Å². The smallest absolute Gasteiger partial charge is 0.119 e. The van der Waals surface area contributed by atoms with E-state index in [0.717, 1.165) is 50.6 Å². The van der Waals surface area contributed by atoms with E-state index in [1.54, 1.807) is 7.11 Å². The van der Waals surface area contributed by atoms with Gasteiger partial charge in [-0.1, -0.05) is 26.0 Å². The van der Waals surface area contributed by atoms with Gasteiger partial charge in [0.25, 0.3) is 0 Å². The van der Waals surface area contributed by atoms with Gasteiger partial charge in [-0.15, -0.1) is 0 Å². The van der Waals surface area contributed by atoms with E-state index in [2.05, 4.69) is 18.7 Å². The van der Waals surface area contributed by atoms with Gasteiger partial charge >= 0.3 is 0 Å². The van der Waals surface area contributed by atoms with E-state index < -0.39 is 0 Å². The van der Waals surface area contributed by atoms with Gasteiger partial charge in [0, 0.05) is 33.3 Å². The van der Waals surface area contributed by atoms with Gasteiger partial charge in [0.15, 0.2) is 0 Å². The zero-order valence-corrected chi connectivity index (χ0v) is 13.7. The Morgan fingerprint density at radius 3 is 2.38 bits per heavy atom. The molecule has 2 N–H and O–H groups in total. The Kier molecular flexibility index (Phi) is 9.06. The third-order valence-electron chi connectivity index (χ3n) is 3.28. The Labute approximate surface area is 129 Å². The second-order valence-corrected chi connectivity index (χ2v) is 5.74. The minimum Gasteiger partial charge on any atom is -0.494 e. The van der Waals surface area contributed by atoms with Gasteiger partial charge in [-0.3, -0.25) is 0 Å².